The molecule has 1 saturated carbocycles. The molecule has 4 atom stereocenters. The minimum Gasteiger partial charge on any atom is -0.467 e. The van der Waals surface area contributed by atoms with Crippen LogP contribution in [0.15, 0.2) is 0 Å². The molecule has 1 aliphatic carbocycles. The Balaban J connectivity index is 3.00. The van der Waals surface area contributed by atoms with Crippen LogP contribution in [0.1, 0.15) is 53.4 Å². The Morgan fingerprint density at radius 1 is 1.22 bits per heavy atom. The molecule has 1 fully saturated rings. The summed E-state index contributed by atoms with van der Waals surface area (Å²) >= 11 is 0. The third kappa shape index (κ3) is 6.84. The van der Waals surface area contributed by atoms with Gasteiger partial charge in [-0.1, -0.05) is 27.2 Å². The second-order valence-electron chi connectivity index (χ2n) is 7.42. The summed E-state index contributed by atoms with van der Waals surface area (Å²) in [5.74, 6) is -0.421. The molecule has 0 aromatic heterocycles. The van der Waals surface area contributed by atoms with Gasteiger partial charge in [0.15, 0.2) is 6.73 Å². The minimum absolute atomic E-state index is 0.211. The Morgan fingerprint density at radius 2 is 1.89 bits per heavy atom. The number of methoxy groups -OCH3 is 1. The maximum atomic E-state index is 12.8. The highest BCUT2D eigenvalue weighted by atomic mass is 16.6. The average molecular weight is 385 g/mol. The summed E-state index contributed by atoms with van der Waals surface area (Å²) in [5, 5.41) is 0. The lowest BCUT2D eigenvalue weighted by Crippen LogP contribution is -2.49. The molecular formula is C19H31NO7. The van der Waals surface area contributed by atoms with E-state index in [-0.39, 0.29) is 18.4 Å². The molecular weight excluding hydrogens is 354 g/mol. The van der Waals surface area contributed by atoms with Gasteiger partial charge in [0.25, 0.3) is 0 Å². The topological polar surface area (TPSA) is 99.2 Å². The summed E-state index contributed by atoms with van der Waals surface area (Å²) in [7, 11) is 1.16. The Kier molecular flexibility index (Phi) is 9.25. The number of ether oxygens (including phenoxy) is 3. The van der Waals surface area contributed by atoms with Gasteiger partial charge in [-0.05, 0) is 30.6 Å². The first-order valence-corrected chi connectivity index (χ1v) is 9.33. The molecule has 8 nitrogen and oxygen atoms in total. The van der Waals surface area contributed by atoms with Crippen molar-refractivity contribution in [2.24, 2.45) is 17.8 Å². The van der Waals surface area contributed by atoms with Crippen LogP contribution >= 0.6 is 0 Å². The normalized spacial score (nSPS) is 23.3. The molecule has 0 N–H and O–H groups in total. The Bertz CT molecular complexity index is 534. The molecule has 0 unspecified atom stereocenters. The van der Waals surface area contributed by atoms with Gasteiger partial charge in [-0.2, -0.15) is 0 Å². The smallest absolute Gasteiger partial charge is 0.413 e. The van der Waals surface area contributed by atoms with E-state index in [1.54, 1.807) is 0 Å². The van der Waals surface area contributed by atoms with E-state index in [9.17, 15) is 19.2 Å². The number of rotatable bonds is 8. The number of esters is 2. The van der Waals surface area contributed by atoms with Gasteiger partial charge in [-0.15, -0.1) is 0 Å². The largest absolute Gasteiger partial charge is 0.467 e. The van der Waals surface area contributed by atoms with Crippen LogP contribution in [0.2, 0.25) is 0 Å². The van der Waals surface area contributed by atoms with Crippen molar-refractivity contribution in [2.75, 3.05) is 13.8 Å². The molecule has 1 rings (SSSR count). The van der Waals surface area contributed by atoms with Gasteiger partial charge < -0.3 is 19.0 Å². The van der Waals surface area contributed by atoms with Crippen LogP contribution in [-0.4, -0.2) is 55.2 Å². The van der Waals surface area contributed by atoms with Gasteiger partial charge in [0.2, 0.25) is 0 Å². The SMILES string of the molecule is COC(=O)[C@H](CC=O)N(COC(C)=O)C(=O)O[C@@H]1C[C@H](C)CC[C@H]1C(C)C. The van der Waals surface area contributed by atoms with Crippen LogP contribution in [-0.2, 0) is 28.6 Å². The molecule has 154 valence electrons. The van der Waals surface area contributed by atoms with Gasteiger partial charge in [0, 0.05) is 13.3 Å². The van der Waals surface area contributed by atoms with Crippen molar-refractivity contribution in [3.8, 4) is 0 Å². The van der Waals surface area contributed by atoms with Crippen LogP contribution in [0.25, 0.3) is 0 Å². The Morgan fingerprint density at radius 3 is 2.41 bits per heavy atom. The Hall–Kier alpha value is -2.12. The zero-order valence-corrected chi connectivity index (χ0v) is 16.8. The quantitative estimate of drug-likeness (QED) is 0.274. The van der Waals surface area contributed by atoms with Crippen molar-refractivity contribution in [2.45, 2.75) is 65.5 Å². The molecule has 0 aliphatic heterocycles. The van der Waals surface area contributed by atoms with E-state index in [0.29, 0.717) is 18.1 Å². The van der Waals surface area contributed by atoms with E-state index in [0.717, 1.165) is 31.3 Å². The van der Waals surface area contributed by atoms with Gasteiger partial charge in [0.05, 0.1) is 7.11 Å². The van der Waals surface area contributed by atoms with E-state index in [1.807, 2.05) is 0 Å². The Labute approximate surface area is 160 Å². The predicted octanol–water partition coefficient (Wildman–Crippen LogP) is 2.54. The van der Waals surface area contributed by atoms with E-state index in [2.05, 4.69) is 25.5 Å². The van der Waals surface area contributed by atoms with Crippen LogP contribution in [0.4, 0.5) is 4.79 Å². The molecule has 1 amide bonds. The summed E-state index contributed by atoms with van der Waals surface area (Å²) in [5.41, 5.74) is 0. The highest BCUT2D eigenvalue weighted by Crippen LogP contribution is 2.35. The number of aldehydes is 1. The van der Waals surface area contributed by atoms with Crippen LogP contribution < -0.4 is 0 Å². The van der Waals surface area contributed by atoms with Gasteiger partial charge in [-0.25, -0.2) is 9.59 Å². The molecule has 0 radical (unpaired) electrons. The second kappa shape index (κ2) is 10.9. The van der Waals surface area contributed by atoms with E-state index in [4.69, 9.17) is 9.47 Å². The lowest BCUT2D eigenvalue weighted by molar-refractivity contribution is -0.156. The fourth-order valence-electron chi connectivity index (χ4n) is 3.46. The van der Waals surface area contributed by atoms with Crippen LogP contribution in [0.3, 0.4) is 0 Å². The number of carbonyl (C=O) groups is 4. The zero-order valence-electron chi connectivity index (χ0n) is 16.8. The molecule has 0 saturated heterocycles. The number of nitrogens with zero attached hydrogens (tertiary/aromatic N) is 1. The minimum atomic E-state index is -1.21. The molecule has 0 aromatic rings. The number of carbonyl (C=O) groups excluding carboxylic acids is 4. The first-order valence-electron chi connectivity index (χ1n) is 9.33. The van der Waals surface area contributed by atoms with Crippen LogP contribution in [0.5, 0.6) is 0 Å². The van der Waals surface area contributed by atoms with Crippen LogP contribution in [0, 0.1) is 17.8 Å². The van der Waals surface area contributed by atoms with E-state index >= 15 is 0 Å². The third-order valence-electron chi connectivity index (χ3n) is 5.02. The third-order valence-corrected chi connectivity index (χ3v) is 5.02. The highest BCUT2D eigenvalue weighted by Gasteiger charge is 2.38. The molecule has 0 heterocycles. The second-order valence-corrected chi connectivity index (χ2v) is 7.42. The maximum Gasteiger partial charge on any atom is 0.413 e. The maximum absolute atomic E-state index is 12.8. The predicted molar refractivity (Wildman–Crippen MR) is 96.6 cm³/mol. The van der Waals surface area contributed by atoms with Crippen molar-refractivity contribution in [3.63, 3.8) is 0 Å². The summed E-state index contributed by atoms with van der Waals surface area (Å²) in [6, 6.07) is -1.21. The van der Waals surface area contributed by atoms with Crippen molar-refractivity contribution in [3.05, 3.63) is 0 Å². The summed E-state index contributed by atoms with van der Waals surface area (Å²) in [6.07, 6.45) is 1.90. The molecule has 8 heteroatoms. The zero-order chi connectivity index (χ0) is 20.6. The van der Waals surface area contributed by atoms with Gasteiger partial charge in [0.1, 0.15) is 18.4 Å². The fraction of sp³-hybridized carbons (Fsp3) is 0.789. The van der Waals surface area contributed by atoms with Crippen molar-refractivity contribution >= 4 is 24.3 Å². The van der Waals surface area contributed by atoms with E-state index in [1.165, 1.54) is 6.92 Å². The first-order chi connectivity index (χ1) is 12.7. The summed E-state index contributed by atoms with van der Waals surface area (Å²) in [6.45, 7) is 6.98. The van der Waals surface area contributed by atoms with Gasteiger partial charge >= 0.3 is 18.0 Å². The molecule has 0 spiro atoms. The summed E-state index contributed by atoms with van der Waals surface area (Å²) in [4.78, 5) is 48.0. The number of hydrogen-bond donors (Lipinski definition) is 0. The molecule has 0 bridgehead atoms. The van der Waals surface area contributed by atoms with Crippen molar-refractivity contribution in [1.82, 2.24) is 4.90 Å². The molecule has 27 heavy (non-hydrogen) atoms. The van der Waals surface area contributed by atoms with Gasteiger partial charge in [-0.3, -0.25) is 9.69 Å². The fourth-order valence-corrected chi connectivity index (χ4v) is 3.46. The lowest BCUT2D eigenvalue weighted by atomic mass is 9.75. The van der Waals surface area contributed by atoms with Crippen molar-refractivity contribution < 1.29 is 33.4 Å². The first kappa shape index (κ1) is 22.9. The highest BCUT2D eigenvalue weighted by molar-refractivity contribution is 5.83. The van der Waals surface area contributed by atoms with E-state index < -0.39 is 30.8 Å². The standard InChI is InChI=1S/C19H31NO7/c1-12(2)15-7-6-13(3)10-17(15)27-19(24)20(11-26-14(4)22)16(8-9-21)18(23)25-5/h9,12-13,15-17H,6-8,10-11H2,1-5H3/t13-,15+,16+,17-/m1/s1. The monoisotopic (exact) mass is 385 g/mol. The average Bonchev–Trinajstić information content (AvgIpc) is 2.59. The molecule has 1 aliphatic rings. The van der Waals surface area contributed by atoms with Crippen molar-refractivity contribution in [1.29, 1.82) is 0 Å². The molecule has 0 aromatic carbocycles. The number of amides is 1. The summed E-state index contributed by atoms with van der Waals surface area (Å²) < 4.78 is 15.3. The number of hydrogen-bond acceptors (Lipinski definition) is 7. The lowest BCUT2D eigenvalue weighted by Gasteiger charge is -2.38.